The molecule has 0 saturated heterocycles. The molecule has 21 heavy (non-hydrogen) atoms. The van der Waals surface area contributed by atoms with Crippen molar-refractivity contribution in [1.82, 2.24) is 10.2 Å². The van der Waals surface area contributed by atoms with Gasteiger partial charge in [-0.2, -0.15) is 0 Å². The van der Waals surface area contributed by atoms with Crippen LogP contribution in [0.15, 0.2) is 38.0 Å². The molecule has 3 rings (SSSR count). The number of rotatable bonds is 2. The number of nitrogens with zero attached hydrogens (tertiary/aromatic N) is 2. The molecule has 0 aliphatic heterocycles. The van der Waals surface area contributed by atoms with Gasteiger partial charge < -0.3 is 4.42 Å². The fraction of sp³-hybridized carbons (Fsp3) is 0.0833. The van der Waals surface area contributed by atoms with E-state index in [0.717, 1.165) is 17.6 Å². The zero-order chi connectivity index (χ0) is 15.2. The first-order chi connectivity index (χ1) is 9.86. The number of hydrogen-bond acceptors (Lipinski definition) is 7. The van der Waals surface area contributed by atoms with Crippen LogP contribution in [-0.2, 0) is 9.84 Å². The second-order valence-electron chi connectivity index (χ2n) is 4.26. The number of sulfone groups is 1. The molecule has 0 aliphatic carbocycles. The van der Waals surface area contributed by atoms with Crippen molar-refractivity contribution in [2.45, 2.75) is 4.34 Å². The Hall–Kier alpha value is -1.77. The topological polar surface area (TPSA) is 90.1 Å². The quantitative estimate of drug-likeness (QED) is 0.710. The summed E-state index contributed by atoms with van der Waals surface area (Å²) in [4.78, 5) is 12.4. The Balaban J connectivity index is 2.24. The third-order valence-corrected chi connectivity index (χ3v) is 5.55. The van der Waals surface area contributed by atoms with Crippen LogP contribution in [0.3, 0.4) is 0 Å². The lowest BCUT2D eigenvalue weighted by molar-refractivity contribution is 0.600. The zero-order valence-electron chi connectivity index (χ0n) is 10.5. The average molecular weight is 343 g/mol. The lowest BCUT2D eigenvalue weighted by Gasteiger charge is -1.99. The maximum Gasteiger partial charge on any atom is 0.232 e. The first kappa shape index (κ1) is 14.2. The normalized spacial score (nSPS) is 11.9. The lowest BCUT2D eigenvalue weighted by Crippen LogP contribution is -2.04. The molecule has 0 saturated carbocycles. The summed E-state index contributed by atoms with van der Waals surface area (Å²) in [5.74, 6) is 0. The predicted molar refractivity (Wildman–Crippen MR) is 79.5 cm³/mol. The lowest BCUT2D eigenvalue weighted by atomic mass is 10.2. The van der Waals surface area contributed by atoms with Gasteiger partial charge in [-0.3, -0.25) is 4.79 Å². The molecule has 2 heterocycles. The van der Waals surface area contributed by atoms with Gasteiger partial charge in [0.2, 0.25) is 19.6 Å². The van der Waals surface area contributed by atoms with Crippen molar-refractivity contribution in [3.8, 4) is 10.6 Å². The van der Waals surface area contributed by atoms with Gasteiger partial charge in [-0.25, -0.2) is 8.42 Å². The molecule has 1 aromatic carbocycles. The van der Waals surface area contributed by atoms with E-state index in [1.54, 1.807) is 12.1 Å². The minimum absolute atomic E-state index is 0.150. The van der Waals surface area contributed by atoms with Crippen LogP contribution < -0.4 is 5.43 Å². The van der Waals surface area contributed by atoms with Crippen LogP contribution in [0.1, 0.15) is 0 Å². The largest absolute Gasteiger partial charge is 0.463 e. The van der Waals surface area contributed by atoms with Gasteiger partial charge in [0, 0.05) is 11.3 Å². The number of fused-ring (bicyclic) bond motifs is 1. The summed E-state index contributed by atoms with van der Waals surface area (Å²) >= 11 is 6.68. The van der Waals surface area contributed by atoms with Crippen LogP contribution in [0, 0.1) is 0 Å². The molecule has 0 aliphatic rings. The summed E-state index contributed by atoms with van der Waals surface area (Å²) in [5, 5.41) is 8.21. The molecule has 0 N–H and O–H groups in total. The summed E-state index contributed by atoms with van der Waals surface area (Å²) in [6, 6.07) is 4.69. The third-order valence-electron chi connectivity index (χ3n) is 2.69. The second kappa shape index (κ2) is 4.90. The van der Waals surface area contributed by atoms with Crippen molar-refractivity contribution < 1.29 is 12.8 Å². The molecule has 0 amide bonds. The van der Waals surface area contributed by atoms with E-state index in [0.29, 0.717) is 16.0 Å². The fourth-order valence-corrected chi connectivity index (χ4v) is 3.50. The molecule has 0 fully saturated rings. The van der Waals surface area contributed by atoms with Crippen molar-refractivity contribution in [2.24, 2.45) is 0 Å². The smallest absolute Gasteiger partial charge is 0.232 e. The van der Waals surface area contributed by atoms with Crippen molar-refractivity contribution in [1.29, 1.82) is 0 Å². The maximum absolute atomic E-state index is 12.4. The van der Waals surface area contributed by atoms with E-state index in [9.17, 15) is 13.2 Å². The molecule has 0 radical (unpaired) electrons. The Labute approximate surface area is 127 Å². The summed E-state index contributed by atoms with van der Waals surface area (Å²) in [6.45, 7) is 0. The van der Waals surface area contributed by atoms with E-state index >= 15 is 0 Å². The van der Waals surface area contributed by atoms with Gasteiger partial charge >= 0.3 is 0 Å². The van der Waals surface area contributed by atoms with Crippen molar-refractivity contribution in [3.63, 3.8) is 0 Å². The molecule has 9 heteroatoms. The summed E-state index contributed by atoms with van der Waals surface area (Å²) in [5.41, 5.74) is 0.202. The molecule has 0 unspecified atom stereocenters. The number of hydrogen-bond donors (Lipinski definition) is 0. The van der Waals surface area contributed by atoms with E-state index in [1.807, 2.05) is 0 Å². The molecule has 3 aromatic rings. The molecular weight excluding hydrogens is 336 g/mol. The molecule has 108 valence electrons. The van der Waals surface area contributed by atoms with Crippen LogP contribution in [-0.4, -0.2) is 24.9 Å². The Morgan fingerprint density at radius 3 is 2.71 bits per heavy atom. The minimum Gasteiger partial charge on any atom is -0.463 e. The van der Waals surface area contributed by atoms with Gasteiger partial charge in [-0.1, -0.05) is 22.9 Å². The first-order valence-electron chi connectivity index (χ1n) is 5.61. The highest BCUT2D eigenvalue weighted by Crippen LogP contribution is 2.26. The number of halogens is 1. The van der Waals surface area contributed by atoms with E-state index in [-0.39, 0.29) is 20.3 Å². The SMILES string of the molecule is CS(=O)(=O)c1nnc(-c2coc3ccc(Cl)cc3c2=O)s1. The molecule has 6 nitrogen and oxygen atoms in total. The van der Waals surface area contributed by atoms with E-state index in [1.165, 1.54) is 12.3 Å². The van der Waals surface area contributed by atoms with Gasteiger partial charge in [0.25, 0.3) is 0 Å². The Kier molecular flexibility index (Phi) is 3.31. The van der Waals surface area contributed by atoms with Crippen molar-refractivity contribution in [2.75, 3.05) is 6.26 Å². The number of aromatic nitrogens is 2. The highest BCUT2D eigenvalue weighted by molar-refractivity contribution is 7.92. The number of benzene rings is 1. The molecular formula is C12H7ClN2O4S2. The van der Waals surface area contributed by atoms with Gasteiger partial charge in [0.15, 0.2) is 5.01 Å². The third kappa shape index (κ3) is 2.57. The first-order valence-corrected chi connectivity index (χ1v) is 8.70. The highest BCUT2D eigenvalue weighted by Gasteiger charge is 2.18. The van der Waals surface area contributed by atoms with Crippen molar-refractivity contribution in [3.05, 3.63) is 39.7 Å². The Morgan fingerprint density at radius 2 is 2.05 bits per heavy atom. The van der Waals surface area contributed by atoms with Crippen molar-refractivity contribution >= 4 is 43.7 Å². The second-order valence-corrected chi connectivity index (χ2v) is 7.87. The predicted octanol–water partition coefficient (Wildman–Crippen LogP) is 2.37. The summed E-state index contributed by atoms with van der Waals surface area (Å²) < 4.78 is 28.0. The maximum atomic E-state index is 12.4. The average Bonchev–Trinajstić information content (AvgIpc) is 2.89. The van der Waals surface area contributed by atoms with Gasteiger partial charge in [-0.15, -0.1) is 10.2 Å². The molecule has 0 spiro atoms. The van der Waals surface area contributed by atoms with Gasteiger partial charge in [0.05, 0.1) is 10.9 Å². The van der Waals surface area contributed by atoms with Crippen LogP contribution in [0.2, 0.25) is 5.02 Å². The Bertz CT molecular complexity index is 1010. The monoisotopic (exact) mass is 342 g/mol. The zero-order valence-corrected chi connectivity index (χ0v) is 12.9. The summed E-state index contributed by atoms with van der Waals surface area (Å²) in [6.07, 6.45) is 2.27. The van der Waals surface area contributed by atoms with E-state index < -0.39 is 9.84 Å². The molecule has 2 aromatic heterocycles. The Morgan fingerprint density at radius 1 is 1.29 bits per heavy atom. The van der Waals surface area contributed by atoms with Gasteiger partial charge in [0.1, 0.15) is 11.8 Å². The molecule has 0 atom stereocenters. The highest BCUT2D eigenvalue weighted by atomic mass is 35.5. The van der Waals surface area contributed by atoms with Crippen LogP contribution in [0.5, 0.6) is 0 Å². The summed E-state index contributed by atoms with van der Waals surface area (Å²) in [7, 11) is -3.46. The fourth-order valence-electron chi connectivity index (χ4n) is 1.72. The van der Waals surface area contributed by atoms with Crippen LogP contribution >= 0.6 is 22.9 Å². The van der Waals surface area contributed by atoms with E-state index in [4.69, 9.17) is 16.0 Å². The molecule has 0 bridgehead atoms. The van der Waals surface area contributed by atoms with E-state index in [2.05, 4.69) is 10.2 Å². The van der Waals surface area contributed by atoms with Crippen LogP contribution in [0.25, 0.3) is 21.5 Å². The minimum atomic E-state index is -3.46. The van der Waals surface area contributed by atoms with Crippen LogP contribution in [0.4, 0.5) is 0 Å². The standard InChI is InChI=1S/C12H7ClN2O4S2/c1-21(17,18)12-15-14-11(20-12)8-5-19-9-3-2-6(13)4-7(9)10(8)16/h2-5H,1H3. The van der Waals surface area contributed by atoms with Gasteiger partial charge in [-0.05, 0) is 18.2 Å².